The Bertz CT molecular complexity index is 993. The Balaban J connectivity index is 1.59. The molecule has 0 saturated heterocycles. The lowest BCUT2D eigenvalue weighted by Gasteiger charge is -2.12. The Morgan fingerprint density at radius 2 is 1.63 bits per heavy atom. The lowest BCUT2D eigenvalue weighted by atomic mass is 10.1. The first-order valence-electron chi connectivity index (χ1n) is 8.21. The number of carbonyl (C=O) groups is 3. The van der Waals surface area contributed by atoms with Crippen LogP contribution in [0, 0.1) is 6.92 Å². The summed E-state index contributed by atoms with van der Waals surface area (Å²) in [5, 5.41) is 0.375. The van der Waals surface area contributed by atoms with E-state index in [2.05, 4.69) is 0 Å². The number of benzene rings is 2. The lowest BCUT2D eigenvalue weighted by molar-refractivity contribution is -0.168. The van der Waals surface area contributed by atoms with E-state index in [0.29, 0.717) is 10.6 Å². The second kappa shape index (κ2) is 7.32. The average Bonchev–Trinajstić information content (AvgIpc) is 2.85. The summed E-state index contributed by atoms with van der Waals surface area (Å²) in [5.41, 5.74) is 1.85. The maximum atomic E-state index is 12.2. The van der Waals surface area contributed by atoms with E-state index < -0.39 is 39.8 Å². The Kier molecular flexibility index (Phi) is 5.09. The molecule has 0 aliphatic carbocycles. The van der Waals surface area contributed by atoms with Gasteiger partial charge in [-0.05, 0) is 24.6 Å². The summed E-state index contributed by atoms with van der Waals surface area (Å²) in [6.45, 7) is 1.86. The van der Waals surface area contributed by atoms with Crippen molar-refractivity contribution in [3.05, 3.63) is 70.8 Å². The molecule has 0 spiro atoms. The normalized spacial score (nSPS) is 13.6. The predicted molar refractivity (Wildman–Crippen MR) is 96.3 cm³/mol. The molecule has 8 heteroatoms. The van der Waals surface area contributed by atoms with Gasteiger partial charge in [-0.15, -0.1) is 0 Å². The predicted octanol–water partition coefficient (Wildman–Crippen LogP) is 2.05. The minimum Gasteiger partial charge on any atom is -0.330 e. The molecule has 0 bridgehead atoms. The molecular formula is C19H17NO6S. The lowest BCUT2D eigenvalue weighted by Crippen LogP contribution is -2.33. The summed E-state index contributed by atoms with van der Waals surface area (Å²) in [7, 11) is -3.55. The third kappa shape index (κ3) is 4.22. The van der Waals surface area contributed by atoms with Crippen molar-refractivity contribution in [1.82, 2.24) is 5.06 Å². The minimum atomic E-state index is -3.55. The van der Waals surface area contributed by atoms with Gasteiger partial charge in [0.05, 0.1) is 29.1 Å². The molecule has 0 saturated carbocycles. The summed E-state index contributed by atoms with van der Waals surface area (Å²) < 4.78 is 24.4. The van der Waals surface area contributed by atoms with Crippen molar-refractivity contribution in [2.45, 2.75) is 19.1 Å². The van der Waals surface area contributed by atoms with Crippen LogP contribution in [-0.2, 0) is 25.2 Å². The molecule has 7 nitrogen and oxygen atoms in total. The monoisotopic (exact) mass is 387 g/mol. The fraction of sp³-hybridized carbons (Fsp3) is 0.211. The summed E-state index contributed by atoms with van der Waals surface area (Å²) in [4.78, 5) is 41.0. The van der Waals surface area contributed by atoms with Crippen molar-refractivity contribution in [2.24, 2.45) is 0 Å². The molecule has 1 aliphatic heterocycles. The van der Waals surface area contributed by atoms with E-state index in [4.69, 9.17) is 4.84 Å². The van der Waals surface area contributed by atoms with Gasteiger partial charge < -0.3 is 4.84 Å². The van der Waals surface area contributed by atoms with Gasteiger partial charge in [0.2, 0.25) is 0 Å². The number of aryl methyl sites for hydroxylation is 1. The molecule has 2 aromatic rings. The fourth-order valence-corrected chi connectivity index (χ4v) is 4.07. The largest absolute Gasteiger partial charge is 0.334 e. The number of carbonyl (C=O) groups excluding carboxylic acids is 3. The topological polar surface area (TPSA) is 97.8 Å². The smallest absolute Gasteiger partial charge is 0.330 e. The first-order valence-corrected chi connectivity index (χ1v) is 10.0. The van der Waals surface area contributed by atoms with Crippen LogP contribution in [0.2, 0.25) is 0 Å². The van der Waals surface area contributed by atoms with E-state index in [0.717, 1.165) is 5.56 Å². The number of amides is 2. The third-order valence-corrected chi connectivity index (χ3v) is 5.64. The third-order valence-electron chi connectivity index (χ3n) is 4.04. The Labute approximate surface area is 156 Å². The summed E-state index contributed by atoms with van der Waals surface area (Å²) >= 11 is 0. The molecule has 2 amide bonds. The van der Waals surface area contributed by atoms with Crippen LogP contribution in [0.3, 0.4) is 0 Å². The molecule has 27 heavy (non-hydrogen) atoms. The fourth-order valence-electron chi connectivity index (χ4n) is 2.76. The van der Waals surface area contributed by atoms with Crippen LogP contribution in [0.1, 0.15) is 38.3 Å². The van der Waals surface area contributed by atoms with Gasteiger partial charge in [0.1, 0.15) is 0 Å². The first kappa shape index (κ1) is 18.8. The van der Waals surface area contributed by atoms with Crippen molar-refractivity contribution in [3.8, 4) is 0 Å². The van der Waals surface area contributed by atoms with Crippen LogP contribution in [-0.4, -0.2) is 37.0 Å². The number of hydrogen-bond acceptors (Lipinski definition) is 6. The standard InChI is InChI=1S/C19H17NO6S/c1-13-5-4-6-14(11-13)12-27(24,25)10-9-17(21)26-20-18(22)15-7-2-3-8-16(15)19(20)23/h2-8,11H,9-10,12H2,1H3. The van der Waals surface area contributed by atoms with Gasteiger partial charge in [0, 0.05) is 0 Å². The Hall–Kier alpha value is -3.00. The van der Waals surface area contributed by atoms with Gasteiger partial charge in [-0.1, -0.05) is 47.0 Å². The molecule has 140 valence electrons. The number of hydroxylamine groups is 2. The molecule has 0 atom stereocenters. The van der Waals surface area contributed by atoms with Crippen LogP contribution in [0.25, 0.3) is 0 Å². The molecule has 3 rings (SSSR count). The van der Waals surface area contributed by atoms with E-state index in [9.17, 15) is 22.8 Å². The van der Waals surface area contributed by atoms with E-state index in [1.54, 1.807) is 30.3 Å². The highest BCUT2D eigenvalue weighted by Crippen LogP contribution is 2.23. The molecule has 0 fully saturated rings. The van der Waals surface area contributed by atoms with Crippen molar-refractivity contribution in [2.75, 3.05) is 5.75 Å². The van der Waals surface area contributed by atoms with Gasteiger partial charge in [0.25, 0.3) is 11.8 Å². The molecule has 2 aromatic carbocycles. The van der Waals surface area contributed by atoms with E-state index >= 15 is 0 Å². The van der Waals surface area contributed by atoms with Gasteiger partial charge in [0.15, 0.2) is 9.84 Å². The summed E-state index contributed by atoms with van der Waals surface area (Å²) in [6, 6.07) is 13.2. The molecule has 1 aliphatic rings. The molecular weight excluding hydrogens is 370 g/mol. The molecule has 0 unspecified atom stereocenters. The molecule has 0 radical (unpaired) electrons. The van der Waals surface area contributed by atoms with Crippen molar-refractivity contribution in [1.29, 1.82) is 0 Å². The number of imide groups is 1. The SMILES string of the molecule is Cc1cccc(CS(=O)(=O)CCC(=O)ON2C(=O)c3ccccc3C2=O)c1. The summed E-state index contributed by atoms with van der Waals surface area (Å²) in [5.74, 6) is -3.09. The quantitative estimate of drug-likeness (QED) is 0.704. The maximum Gasteiger partial charge on any atom is 0.334 e. The number of sulfone groups is 1. The van der Waals surface area contributed by atoms with E-state index in [1.807, 2.05) is 13.0 Å². The number of hydrogen-bond donors (Lipinski definition) is 0. The Morgan fingerprint density at radius 3 is 2.22 bits per heavy atom. The van der Waals surface area contributed by atoms with E-state index in [-0.39, 0.29) is 16.9 Å². The highest BCUT2D eigenvalue weighted by Gasteiger charge is 2.38. The van der Waals surface area contributed by atoms with Crippen LogP contribution in [0.5, 0.6) is 0 Å². The molecule has 0 N–H and O–H groups in total. The summed E-state index contributed by atoms with van der Waals surface area (Å²) in [6.07, 6.45) is -0.457. The van der Waals surface area contributed by atoms with Crippen LogP contribution < -0.4 is 0 Å². The van der Waals surface area contributed by atoms with Crippen LogP contribution in [0.4, 0.5) is 0 Å². The average molecular weight is 387 g/mol. The van der Waals surface area contributed by atoms with Gasteiger partial charge >= 0.3 is 5.97 Å². The van der Waals surface area contributed by atoms with Gasteiger partial charge in [-0.25, -0.2) is 13.2 Å². The second-order valence-electron chi connectivity index (χ2n) is 6.24. The van der Waals surface area contributed by atoms with Crippen molar-refractivity contribution >= 4 is 27.6 Å². The zero-order chi connectivity index (χ0) is 19.6. The first-order chi connectivity index (χ1) is 12.8. The zero-order valence-corrected chi connectivity index (χ0v) is 15.4. The van der Waals surface area contributed by atoms with E-state index in [1.165, 1.54) is 12.1 Å². The van der Waals surface area contributed by atoms with Crippen molar-refractivity contribution < 1.29 is 27.6 Å². The second-order valence-corrected chi connectivity index (χ2v) is 8.43. The van der Waals surface area contributed by atoms with Crippen LogP contribution in [0.15, 0.2) is 48.5 Å². The molecule has 0 aromatic heterocycles. The van der Waals surface area contributed by atoms with Gasteiger partial charge in [-0.2, -0.15) is 0 Å². The number of fused-ring (bicyclic) bond motifs is 1. The highest BCUT2D eigenvalue weighted by molar-refractivity contribution is 7.90. The minimum absolute atomic E-state index is 0.141. The number of nitrogens with zero attached hydrogens (tertiary/aromatic N) is 1. The number of rotatable bonds is 6. The highest BCUT2D eigenvalue weighted by atomic mass is 32.2. The zero-order valence-electron chi connectivity index (χ0n) is 14.5. The van der Waals surface area contributed by atoms with Crippen LogP contribution >= 0.6 is 0 Å². The molecule has 1 heterocycles. The Morgan fingerprint density at radius 1 is 1.00 bits per heavy atom. The maximum absolute atomic E-state index is 12.2. The van der Waals surface area contributed by atoms with Crippen molar-refractivity contribution in [3.63, 3.8) is 0 Å². The van der Waals surface area contributed by atoms with Gasteiger partial charge in [-0.3, -0.25) is 9.59 Å².